The number of carbonyl (C=O) groups is 1. The second-order valence-corrected chi connectivity index (χ2v) is 12.5. The molecule has 0 bridgehead atoms. The van der Waals surface area contributed by atoms with Crippen LogP contribution in [0.1, 0.15) is 72.0 Å². The number of alkyl halides is 3. The van der Waals surface area contributed by atoms with Gasteiger partial charge in [0.15, 0.2) is 6.10 Å². The van der Waals surface area contributed by atoms with Gasteiger partial charge in [-0.05, 0) is 79.5 Å². The lowest BCUT2D eigenvalue weighted by atomic mass is 9.91. The van der Waals surface area contributed by atoms with Gasteiger partial charge in [0.2, 0.25) is 0 Å². The van der Waals surface area contributed by atoms with E-state index in [4.69, 9.17) is 9.97 Å². The number of aliphatic hydroxyl groups is 1. The number of carbonyl (C=O) groups excluding carboxylic acids is 1. The first kappa shape index (κ1) is 30.2. The van der Waals surface area contributed by atoms with Gasteiger partial charge in [-0.2, -0.15) is 13.2 Å². The first-order valence-corrected chi connectivity index (χ1v) is 15.7. The number of fused-ring (bicyclic) bond motifs is 1. The van der Waals surface area contributed by atoms with E-state index in [1.807, 2.05) is 12.3 Å². The van der Waals surface area contributed by atoms with Gasteiger partial charge in [0, 0.05) is 31.4 Å². The van der Waals surface area contributed by atoms with Crippen molar-refractivity contribution in [2.75, 3.05) is 24.5 Å². The van der Waals surface area contributed by atoms with Crippen molar-refractivity contribution < 1.29 is 23.1 Å². The van der Waals surface area contributed by atoms with E-state index in [1.165, 1.54) is 23.8 Å². The summed E-state index contributed by atoms with van der Waals surface area (Å²) in [7, 11) is 0. The van der Waals surface area contributed by atoms with Crippen LogP contribution in [0.5, 0.6) is 0 Å². The van der Waals surface area contributed by atoms with Crippen molar-refractivity contribution in [1.82, 2.24) is 19.9 Å². The SMILES string of the molecule is O=C(C(O)c1cccc(C(F)(F)F)c1)N1CCCc2nc(C3(c4cccc(-c5ccc(N6CCCC6)nc5)c4)CC3)[nH]c(=O)c2C1. The summed E-state index contributed by atoms with van der Waals surface area (Å²) in [4.78, 5) is 43.0. The van der Waals surface area contributed by atoms with Gasteiger partial charge in [-0.1, -0.05) is 36.4 Å². The number of aliphatic hydroxyl groups excluding tert-OH is 1. The maximum atomic E-state index is 13.5. The smallest absolute Gasteiger partial charge is 0.378 e. The molecule has 46 heavy (non-hydrogen) atoms. The summed E-state index contributed by atoms with van der Waals surface area (Å²) in [6.07, 6.45) is 0.511. The molecule has 7 rings (SSSR count). The van der Waals surface area contributed by atoms with Crippen molar-refractivity contribution in [3.05, 3.63) is 111 Å². The van der Waals surface area contributed by atoms with Gasteiger partial charge in [0.05, 0.1) is 28.8 Å². The Morgan fingerprint density at radius 3 is 2.46 bits per heavy atom. The molecule has 2 aromatic carbocycles. The molecule has 1 saturated heterocycles. The van der Waals surface area contributed by atoms with Crippen LogP contribution in [0.15, 0.2) is 71.7 Å². The number of amides is 1. The molecule has 2 aromatic heterocycles. The summed E-state index contributed by atoms with van der Waals surface area (Å²) < 4.78 is 39.6. The van der Waals surface area contributed by atoms with Gasteiger partial charge in [-0.15, -0.1) is 0 Å². The Kier molecular flexibility index (Phi) is 7.67. The minimum atomic E-state index is -4.60. The Morgan fingerprint density at radius 2 is 1.74 bits per heavy atom. The number of benzene rings is 2. The van der Waals surface area contributed by atoms with E-state index in [-0.39, 0.29) is 24.2 Å². The topological polar surface area (TPSA) is 102 Å². The molecule has 238 valence electrons. The highest BCUT2D eigenvalue weighted by Gasteiger charge is 2.49. The zero-order valence-electron chi connectivity index (χ0n) is 25.2. The molecule has 1 atom stereocenters. The van der Waals surface area contributed by atoms with Crippen LogP contribution in [0, 0.1) is 0 Å². The molecular formula is C35H34F3N5O3. The number of halogens is 3. The average Bonchev–Trinajstić information content (AvgIpc) is 3.76. The number of nitrogens with one attached hydrogen (secondary N) is 1. The molecule has 4 aromatic rings. The zero-order chi connectivity index (χ0) is 32.1. The van der Waals surface area contributed by atoms with E-state index in [1.54, 1.807) is 0 Å². The summed E-state index contributed by atoms with van der Waals surface area (Å²) in [6, 6.07) is 16.5. The van der Waals surface area contributed by atoms with Crippen LogP contribution in [-0.2, 0) is 29.4 Å². The third kappa shape index (κ3) is 5.68. The van der Waals surface area contributed by atoms with Crippen LogP contribution in [0.2, 0.25) is 0 Å². The molecule has 1 saturated carbocycles. The average molecular weight is 630 g/mol. The lowest BCUT2D eigenvalue weighted by Gasteiger charge is -2.24. The fourth-order valence-electron chi connectivity index (χ4n) is 6.71. The summed E-state index contributed by atoms with van der Waals surface area (Å²) in [5.74, 6) is 0.835. The number of aryl methyl sites for hydroxylation is 1. The van der Waals surface area contributed by atoms with Gasteiger partial charge in [0.1, 0.15) is 11.6 Å². The zero-order valence-corrected chi connectivity index (χ0v) is 25.2. The Labute approximate surface area is 263 Å². The molecule has 1 aliphatic carbocycles. The Morgan fingerprint density at radius 1 is 0.957 bits per heavy atom. The van der Waals surface area contributed by atoms with Gasteiger partial charge in [-0.25, -0.2) is 9.97 Å². The molecule has 0 radical (unpaired) electrons. The lowest BCUT2D eigenvalue weighted by Crippen LogP contribution is -2.36. The minimum Gasteiger partial charge on any atom is -0.378 e. The quantitative estimate of drug-likeness (QED) is 0.291. The van der Waals surface area contributed by atoms with Gasteiger partial charge in [0.25, 0.3) is 11.5 Å². The number of rotatable bonds is 6. The van der Waals surface area contributed by atoms with E-state index >= 15 is 0 Å². The van der Waals surface area contributed by atoms with Crippen LogP contribution in [0.4, 0.5) is 19.0 Å². The number of hydrogen-bond donors (Lipinski definition) is 2. The molecule has 1 amide bonds. The maximum Gasteiger partial charge on any atom is 0.416 e. The normalized spacial score (nSPS) is 18.2. The summed E-state index contributed by atoms with van der Waals surface area (Å²) >= 11 is 0. The van der Waals surface area contributed by atoms with Crippen LogP contribution >= 0.6 is 0 Å². The largest absolute Gasteiger partial charge is 0.416 e. The van der Waals surface area contributed by atoms with E-state index in [9.17, 15) is 27.9 Å². The number of anilines is 1. The monoisotopic (exact) mass is 629 g/mol. The summed E-state index contributed by atoms with van der Waals surface area (Å²) in [5.41, 5.74) is 2.18. The highest BCUT2D eigenvalue weighted by atomic mass is 19.4. The first-order chi connectivity index (χ1) is 22.1. The van der Waals surface area contributed by atoms with Gasteiger partial charge in [-0.3, -0.25) is 9.59 Å². The van der Waals surface area contributed by atoms with Crippen molar-refractivity contribution in [3.63, 3.8) is 0 Å². The molecule has 2 N–H and O–H groups in total. The molecule has 8 nitrogen and oxygen atoms in total. The van der Waals surface area contributed by atoms with Crippen LogP contribution in [-0.4, -0.2) is 50.5 Å². The van der Waals surface area contributed by atoms with Crippen molar-refractivity contribution >= 4 is 11.7 Å². The number of pyridine rings is 1. The van der Waals surface area contributed by atoms with E-state index in [2.05, 4.69) is 40.2 Å². The third-order valence-electron chi connectivity index (χ3n) is 9.50. The van der Waals surface area contributed by atoms with Crippen molar-refractivity contribution in [2.24, 2.45) is 0 Å². The van der Waals surface area contributed by atoms with Crippen LogP contribution in [0.3, 0.4) is 0 Å². The van der Waals surface area contributed by atoms with E-state index in [0.29, 0.717) is 29.9 Å². The predicted molar refractivity (Wildman–Crippen MR) is 166 cm³/mol. The highest BCUT2D eigenvalue weighted by molar-refractivity contribution is 5.82. The molecule has 4 heterocycles. The molecule has 2 aliphatic heterocycles. The van der Waals surface area contributed by atoms with E-state index in [0.717, 1.165) is 66.6 Å². The third-order valence-corrected chi connectivity index (χ3v) is 9.50. The predicted octanol–water partition coefficient (Wildman–Crippen LogP) is 5.54. The molecule has 2 fully saturated rings. The molecular weight excluding hydrogens is 595 g/mol. The molecule has 0 spiro atoms. The lowest BCUT2D eigenvalue weighted by molar-refractivity contribution is -0.142. The van der Waals surface area contributed by atoms with Crippen LogP contribution in [0.25, 0.3) is 11.1 Å². The molecule has 11 heteroatoms. The summed E-state index contributed by atoms with van der Waals surface area (Å²) in [6.45, 7) is 2.21. The number of H-pyrrole nitrogens is 1. The second kappa shape index (κ2) is 11.7. The summed E-state index contributed by atoms with van der Waals surface area (Å²) in [5, 5.41) is 10.7. The Hall–Kier alpha value is -4.51. The van der Waals surface area contributed by atoms with Crippen molar-refractivity contribution in [2.45, 2.75) is 62.8 Å². The minimum absolute atomic E-state index is 0.0876. The van der Waals surface area contributed by atoms with Gasteiger partial charge >= 0.3 is 6.18 Å². The van der Waals surface area contributed by atoms with E-state index < -0.39 is 29.2 Å². The first-order valence-electron chi connectivity index (χ1n) is 15.7. The standard InChI is InChI=1S/C35H34F3N5O3/c36-35(37,38)26-9-4-7-23(19-26)30(44)32(46)43-17-5-10-28-27(21-43)31(45)41-33(40-28)34(13-14-34)25-8-3-6-22(18-25)24-11-12-29(39-20-24)42-15-1-2-16-42/h3-4,6-9,11-12,18-20,30,44H,1-2,5,10,13-17,21H2,(H,40,41,45). The van der Waals surface area contributed by atoms with Crippen molar-refractivity contribution in [3.8, 4) is 11.1 Å². The second-order valence-electron chi connectivity index (χ2n) is 12.5. The fraction of sp³-hybridized carbons (Fsp3) is 0.371. The number of hydrogen-bond acceptors (Lipinski definition) is 6. The number of aromatic amines is 1. The Balaban J connectivity index is 1.12. The number of aromatic nitrogens is 3. The molecule has 3 aliphatic rings. The fourth-order valence-corrected chi connectivity index (χ4v) is 6.71. The number of nitrogens with zero attached hydrogens (tertiary/aromatic N) is 4. The maximum absolute atomic E-state index is 13.5. The van der Waals surface area contributed by atoms with Crippen molar-refractivity contribution in [1.29, 1.82) is 0 Å². The molecule has 1 unspecified atom stereocenters. The van der Waals surface area contributed by atoms with Gasteiger partial charge < -0.3 is 19.9 Å². The van der Waals surface area contributed by atoms with Crippen LogP contribution < -0.4 is 10.5 Å². The highest BCUT2D eigenvalue weighted by Crippen LogP contribution is 2.52. The Bertz CT molecular complexity index is 1830.